The van der Waals surface area contributed by atoms with E-state index in [-0.39, 0.29) is 11.6 Å². The molecule has 1 aromatic heterocycles. The third-order valence-corrected chi connectivity index (χ3v) is 5.52. The number of hydrogen-bond acceptors (Lipinski definition) is 3. The standard InChI is InChI=1S/C22H23N3O3/c1-15-8-5-6-12-19(15)24-13-7-11-17(24)14-18-20(26)23-22(28)25(21(18)27)16-9-3-2-4-10-16/h5-8,11-14,16H,2-4,9-10H2,1H3,(H,23,26,28). The van der Waals surface area contributed by atoms with Crippen LogP contribution in [-0.4, -0.2) is 33.4 Å². The third kappa shape index (κ3) is 3.26. The van der Waals surface area contributed by atoms with Crippen LogP contribution in [0.15, 0.2) is 48.2 Å². The van der Waals surface area contributed by atoms with E-state index in [0.29, 0.717) is 5.69 Å². The van der Waals surface area contributed by atoms with Crippen molar-refractivity contribution in [1.29, 1.82) is 0 Å². The van der Waals surface area contributed by atoms with Gasteiger partial charge in [0, 0.05) is 23.6 Å². The minimum Gasteiger partial charge on any atom is -0.317 e. The lowest BCUT2D eigenvalue weighted by atomic mass is 9.93. The molecule has 0 bridgehead atoms. The summed E-state index contributed by atoms with van der Waals surface area (Å²) in [5.41, 5.74) is 2.77. The molecule has 2 aliphatic rings. The fourth-order valence-corrected chi connectivity index (χ4v) is 4.05. The van der Waals surface area contributed by atoms with Gasteiger partial charge in [0.15, 0.2) is 0 Å². The molecular formula is C22H23N3O3. The zero-order valence-electron chi connectivity index (χ0n) is 15.9. The number of carbonyl (C=O) groups is 3. The molecule has 1 aliphatic heterocycles. The molecule has 144 valence electrons. The average molecular weight is 377 g/mol. The fourth-order valence-electron chi connectivity index (χ4n) is 4.05. The van der Waals surface area contributed by atoms with Gasteiger partial charge in [0.2, 0.25) is 0 Å². The first kappa shape index (κ1) is 18.2. The molecule has 0 unspecified atom stereocenters. The van der Waals surface area contributed by atoms with E-state index in [0.717, 1.165) is 43.4 Å². The van der Waals surface area contributed by atoms with Crippen LogP contribution in [0.5, 0.6) is 0 Å². The first-order valence-corrected chi connectivity index (χ1v) is 9.70. The molecule has 4 amide bonds. The van der Waals surface area contributed by atoms with Gasteiger partial charge in [0.25, 0.3) is 11.8 Å². The Bertz CT molecular complexity index is 967. The molecule has 1 saturated carbocycles. The second kappa shape index (κ2) is 7.46. The van der Waals surface area contributed by atoms with E-state index in [2.05, 4.69) is 5.32 Å². The van der Waals surface area contributed by atoms with Gasteiger partial charge in [-0.15, -0.1) is 0 Å². The number of aromatic nitrogens is 1. The van der Waals surface area contributed by atoms with Crippen LogP contribution in [0, 0.1) is 6.92 Å². The minimum atomic E-state index is -0.639. The van der Waals surface area contributed by atoms with Gasteiger partial charge in [0.1, 0.15) is 5.57 Å². The molecule has 0 radical (unpaired) electrons. The number of nitrogens with one attached hydrogen (secondary N) is 1. The summed E-state index contributed by atoms with van der Waals surface area (Å²) in [5.74, 6) is -1.14. The maximum absolute atomic E-state index is 13.1. The van der Waals surface area contributed by atoms with Gasteiger partial charge < -0.3 is 4.57 Å². The fraction of sp³-hybridized carbons (Fsp3) is 0.318. The van der Waals surface area contributed by atoms with Gasteiger partial charge in [-0.25, -0.2) is 4.79 Å². The molecule has 6 nitrogen and oxygen atoms in total. The Morgan fingerprint density at radius 1 is 1.00 bits per heavy atom. The molecule has 2 aromatic rings. The molecule has 1 aromatic carbocycles. The van der Waals surface area contributed by atoms with E-state index in [4.69, 9.17) is 0 Å². The van der Waals surface area contributed by atoms with Crippen molar-refractivity contribution in [3.05, 3.63) is 59.4 Å². The van der Waals surface area contributed by atoms with Crippen LogP contribution in [0.2, 0.25) is 0 Å². The number of amides is 4. The van der Waals surface area contributed by atoms with Crippen molar-refractivity contribution in [2.75, 3.05) is 0 Å². The maximum atomic E-state index is 13.1. The molecule has 6 heteroatoms. The molecule has 2 fully saturated rings. The second-order valence-electron chi connectivity index (χ2n) is 7.37. The van der Waals surface area contributed by atoms with E-state index < -0.39 is 17.8 Å². The van der Waals surface area contributed by atoms with Gasteiger partial charge in [-0.3, -0.25) is 19.8 Å². The lowest BCUT2D eigenvalue weighted by Gasteiger charge is -2.35. The molecular weight excluding hydrogens is 354 g/mol. The second-order valence-corrected chi connectivity index (χ2v) is 7.37. The normalized spacial score (nSPS) is 20.0. The van der Waals surface area contributed by atoms with Crippen LogP contribution in [-0.2, 0) is 9.59 Å². The van der Waals surface area contributed by atoms with Gasteiger partial charge in [-0.1, -0.05) is 37.5 Å². The Kier molecular flexibility index (Phi) is 4.86. The van der Waals surface area contributed by atoms with E-state index >= 15 is 0 Å². The van der Waals surface area contributed by atoms with Crippen LogP contribution in [0.25, 0.3) is 11.8 Å². The minimum absolute atomic E-state index is 0.00120. The maximum Gasteiger partial charge on any atom is 0.331 e. The van der Waals surface area contributed by atoms with E-state index in [1.165, 1.54) is 4.90 Å². The summed E-state index contributed by atoms with van der Waals surface area (Å²) in [6, 6.07) is 10.9. The Morgan fingerprint density at radius 3 is 2.50 bits per heavy atom. The van der Waals surface area contributed by atoms with Gasteiger partial charge in [0.05, 0.1) is 0 Å². The van der Waals surface area contributed by atoms with Crippen LogP contribution in [0.1, 0.15) is 43.4 Å². The molecule has 2 heterocycles. The number of barbiturate groups is 1. The van der Waals surface area contributed by atoms with Crippen LogP contribution in [0.3, 0.4) is 0 Å². The quantitative estimate of drug-likeness (QED) is 0.656. The summed E-state index contributed by atoms with van der Waals surface area (Å²) in [7, 11) is 0. The number of nitrogens with zero attached hydrogens (tertiary/aromatic N) is 2. The van der Waals surface area contributed by atoms with E-state index in [9.17, 15) is 14.4 Å². The lowest BCUT2D eigenvalue weighted by Crippen LogP contribution is -2.58. The number of aryl methyl sites for hydroxylation is 1. The summed E-state index contributed by atoms with van der Waals surface area (Å²) in [5, 5.41) is 2.34. The highest BCUT2D eigenvalue weighted by Crippen LogP contribution is 2.27. The summed E-state index contributed by atoms with van der Waals surface area (Å²) in [4.78, 5) is 39.1. The first-order valence-electron chi connectivity index (χ1n) is 9.70. The average Bonchev–Trinajstić information content (AvgIpc) is 3.14. The highest BCUT2D eigenvalue weighted by Gasteiger charge is 2.40. The highest BCUT2D eigenvalue weighted by atomic mass is 16.2. The number of urea groups is 1. The summed E-state index contributed by atoms with van der Waals surface area (Å²) in [6.07, 6.45) is 8.15. The van der Waals surface area contributed by atoms with Crippen molar-refractivity contribution in [1.82, 2.24) is 14.8 Å². The zero-order valence-corrected chi connectivity index (χ0v) is 15.9. The third-order valence-electron chi connectivity index (χ3n) is 5.52. The number of carbonyl (C=O) groups excluding carboxylic acids is 3. The van der Waals surface area contributed by atoms with Crippen LogP contribution < -0.4 is 5.32 Å². The van der Waals surface area contributed by atoms with Crippen LogP contribution >= 0.6 is 0 Å². The number of para-hydroxylation sites is 1. The monoisotopic (exact) mass is 377 g/mol. The van der Waals surface area contributed by atoms with Crippen molar-refractivity contribution in [2.24, 2.45) is 0 Å². The van der Waals surface area contributed by atoms with Crippen molar-refractivity contribution in [3.63, 3.8) is 0 Å². The van der Waals surface area contributed by atoms with Gasteiger partial charge in [-0.2, -0.15) is 0 Å². The largest absolute Gasteiger partial charge is 0.331 e. The lowest BCUT2D eigenvalue weighted by molar-refractivity contribution is -0.132. The molecule has 4 rings (SSSR count). The Balaban J connectivity index is 1.70. The topological polar surface area (TPSA) is 71.4 Å². The molecule has 1 saturated heterocycles. The smallest absolute Gasteiger partial charge is 0.317 e. The highest BCUT2D eigenvalue weighted by molar-refractivity contribution is 6.31. The molecule has 1 N–H and O–H groups in total. The Morgan fingerprint density at radius 2 is 1.75 bits per heavy atom. The first-order chi connectivity index (χ1) is 13.6. The Labute approximate surface area is 163 Å². The van der Waals surface area contributed by atoms with Gasteiger partial charge in [-0.05, 0) is 49.6 Å². The van der Waals surface area contributed by atoms with E-state index in [1.54, 1.807) is 6.08 Å². The summed E-state index contributed by atoms with van der Waals surface area (Å²) >= 11 is 0. The Hall–Kier alpha value is -3.15. The molecule has 1 aliphatic carbocycles. The SMILES string of the molecule is Cc1ccccc1-n1cccc1C=C1C(=O)NC(=O)N(C2CCCCC2)C1=O. The zero-order chi connectivity index (χ0) is 19.7. The predicted molar refractivity (Wildman–Crippen MR) is 106 cm³/mol. The number of benzene rings is 1. The number of hydrogen-bond donors (Lipinski definition) is 1. The summed E-state index contributed by atoms with van der Waals surface area (Å²) in [6.45, 7) is 2.01. The summed E-state index contributed by atoms with van der Waals surface area (Å²) < 4.78 is 1.93. The van der Waals surface area contributed by atoms with Crippen LogP contribution in [0.4, 0.5) is 4.79 Å². The van der Waals surface area contributed by atoms with E-state index in [1.807, 2.05) is 54.1 Å². The van der Waals surface area contributed by atoms with Gasteiger partial charge >= 0.3 is 6.03 Å². The molecule has 0 atom stereocenters. The van der Waals surface area contributed by atoms with Crippen molar-refractivity contribution < 1.29 is 14.4 Å². The van der Waals surface area contributed by atoms with Crippen molar-refractivity contribution in [2.45, 2.75) is 45.1 Å². The van der Waals surface area contributed by atoms with Crippen molar-refractivity contribution >= 4 is 23.9 Å². The van der Waals surface area contributed by atoms with Crippen molar-refractivity contribution in [3.8, 4) is 5.69 Å². The predicted octanol–water partition coefficient (Wildman–Crippen LogP) is 3.58. The number of imide groups is 2. The molecule has 28 heavy (non-hydrogen) atoms. The number of rotatable bonds is 3. The molecule has 0 spiro atoms.